The van der Waals surface area contributed by atoms with E-state index in [0.29, 0.717) is 13.0 Å². The zero-order valence-electron chi connectivity index (χ0n) is 12.8. The van der Waals surface area contributed by atoms with Gasteiger partial charge in [-0.2, -0.15) is 0 Å². The number of carbonyl (C=O) groups is 2. The number of hydrogen-bond acceptors (Lipinski definition) is 5. The van der Waals surface area contributed by atoms with E-state index < -0.39 is 15.9 Å². The Hall–Kier alpha value is -1.15. The summed E-state index contributed by atoms with van der Waals surface area (Å²) >= 11 is 0. The monoisotopic (exact) mass is 319 g/mol. The van der Waals surface area contributed by atoms with Crippen molar-refractivity contribution >= 4 is 21.7 Å². The van der Waals surface area contributed by atoms with E-state index >= 15 is 0 Å². The van der Waals surface area contributed by atoms with Crippen LogP contribution in [0.1, 0.15) is 27.2 Å². The standard InChI is InChI=1S/C13H25N3O4S/c1-4-16(10-5-6-21(19,20)8-10)11(17)7-15-13(18)12(14)9(2)3/h9-10,12H,4-8,14H2,1-3H3,(H,15,18)/t10?,12-/m0/s1. The van der Waals surface area contributed by atoms with Crippen LogP contribution in [0.2, 0.25) is 0 Å². The van der Waals surface area contributed by atoms with Gasteiger partial charge in [-0.3, -0.25) is 9.59 Å². The van der Waals surface area contributed by atoms with E-state index in [4.69, 9.17) is 5.73 Å². The second-order valence-corrected chi connectivity index (χ2v) is 7.95. The summed E-state index contributed by atoms with van der Waals surface area (Å²) in [6, 6.07) is -0.942. The van der Waals surface area contributed by atoms with Crippen LogP contribution in [0.3, 0.4) is 0 Å². The minimum atomic E-state index is -3.04. The molecule has 7 nitrogen and oxygen atoms in total. The number of amides is 2. The molecular formula is C13H25N3O4S. The lowest BCUT2D eigenvalue weighted by molar-refractivity contribution is -0.134. The van der Waals surface area contributed by atoms with Crippen molar-refractivity contribution in [2.24, 2.45) is 11.7 Å². The Balaban J connectivity index is 2.55. The van der Waals surface area contributed by atoms with E-state index in [2.05, 4.69) is 5.32 Å². The minimum Gasteiger partial charge on any atom is -0.346 e. The fraction of sp³-hybridized carbons (Fsp3) is 0.846. The molecule has 0 bridgehead atoms. The summed E-state index contributed by atoms with van der Waals surface area (Å²) < 4.78 is 23.0. The molecule has 1 aliphatic heterocycles. The van der Waals surface area contributed by atoms with Crippen LogP contribution in [0, 0.1) is 5.92 Å². The van der Waals surface area contributed by atoms with Crippen molar-refractivity contribution in [3.05, 3.63) is 0 Å². The molecule has 1 unspecified atom stereocenters. The molecule has 1 heterocycles. The van der Waals surface area contributed by atoms with Gasteiger partial charge in [0.05, 0.1) is 24.1 Å². The zero-order valence-corrected chi connectivity index (χ0v) is 13.6. The molecule has 21 heavy (non-hydrogen) atoms. The van der Waals surface area contributed by atoms with Crippen LogP contribution >= 0.6 is 0 Å². The highest BCUT2D eigenvalue weighted by atomic mass is 32.2. The van der Waals surface area contributed by atoms with Crippen molar-refractivity contribution in [1.29, 1.82) is 0 Å². The molecule has 0 aliphatic carbocycles. The third-order valence-corrected chi connectivity index (χ3v) is 5.50. The van der Waals surface area contributed by atoms with Gasteiger partial charge >= 0.3 is 0 Å². The first-order valence-electron chi connectivity index (χ1n) is 7.21. The summed E-state index contributed by atoms with van der Waals surface area (Å²) in [6.45, 7) is 5.72. The lowest BCUT2D eigenvalue weighted by atomic mass is 10.1. The number of nitrogens with one attached hydrogen (secondary N) is 1. The lowest BCUT2D eigenvalue weighted by Gasteiger charge is -2.27. The molecule has 1 saturated heterocycles. The maximum Gasteiger partial charge on any atom is 0.242 e. The van der Waals surface area contributed by atoms with Gasteiger partial charge in [-0.15, -0.1) is 0 Å². The summed E-state index contributed by atoms with van der Waals surface area (Å²) in [5.74, 6) is -0.530. The van der Waals surface area contributed by atoms with E-state index in [1.165, 1.54) is 4.90 Å². The lowest BCUT2D eigenvalue weighted by Crippen LogP contribution is -2.50. The Labute approximate surface area is 126 Å². The van der Waals surface area contributed by atoms with Crippen LogP contribution in [0.25, 0.3) is 0 Å². The van der Waals surface area contributed by atoms with E-state index in [-0.39, 0.29) is 41.8 Å². The van der Waals surface area contributed by atoms with Gasteiger partial charge in [0, 0.05) is 12.6 Å². The van der Waals surface area contributed by atoms with Crippen molar-refractivity contribution in [1.82, 2.24) is 10.2 Å². The Morgan fingerprint density at radius 3 is 2.43 bits per heavy atom. The summed E-state index contributed by atoms with van der Waals surface area (Å²) in [6.07, 6.45) is 0.460. The zero-order chi connectivity index (χ0) is 16.2. The molecule has 0 saturated carbocycles. The van der Waals surface area contributed by atoms with Crippen molar-refractivity contribution < 1.29 is 18.0 Å². The van der Waals surface area contributed by atoms with Gasteiger partial charge in [-0.1, -0.05) is 13.8 Å². The Kier molecular flexibility index (Phi) is 6.15. The molecule has 0 spiro atoms. The number of rotatable bonds is 6. The quantitative estimate of drug-likeness (QED) is 0.661. The number of hydrogen-bond donors (Lipinski definition) is 2. The molecule has 1 fully saturated rings. The van der Waals surface area contributed by atoms with Crippen LogP contribution in [0.4, 0.5) is 0 Å². The first kappa shape index (κ1) is 17.9. The number of nitrogens with two attached hydrogens (primary N) is 1. The number of sulfone groups is 1. The molecule has 0 aromatic carbocycles. The molecule has 1 rings (SSSR count). The molecular weight excluding hydrogens is 294 g/mol. The van der Waals surface area contributed by atoms with Crippen LogP contribution in [-0.4, -0.2) is 61.8 Å². The topological polar surface area (TPSA) is 110 Å². The minimum absolute atomic E-state index is 0.00599. The van der Waals surface area contributed by atoms with Gasteiger partial charge in [-0.05, 0) is 19.3 Å². The fourth-order valence-corrected chi connectivity index (χ4v) is 4.07. The molecule has 0 radical (unpaired) electrons. The second kappa shape index (κ2) is 7.22. The van der Waals surface area contributed by atoms with E-state index in [9.17, 15) is 18.0 Å². The van der Waals surface area contributed by atoms with Gasteiger partial charge in [0.25, 0.3) is 0 Å². The maximum atomic E-state index is 12.1. The maximum absolute atomic E-state index is 12.1. The van der Waals surface area contributed by atoms with Gasteiger partial charge in [0.1, 0.15) is 0 Å². The summed E-state index contributed by atoms with van der Waals surface area (Å²) in [5, 5.41) is 2.52. The van der Waals surface area contributed by atoms with Crippen LogP contribution in [0.15, 0.2) is 0 Å². The van der Waals surface area contributed by atoms with Crippen molar-refractivity contribution in [3.8, 4) is 0 Å². The third-order valence-electron chi connectivity index (χ3n) is 3.75. The summed E-state index contributed by atoms with van der Waals surface area (Å²) in [7, 11) is -3.04. The van der Waals surface area contributed by atoms with Crippen molar-refractivity contribution in [2.75, 3.05) is 24.6 Å². The summed E-state index contributed by atoms with van der Waals surface area (Å²) in [5.41, 5.74) is 5.70. The smallest absolute Gasteiger partial charge is 0.242 e. The van der Waals surface area contributed by atoms with E-state index in [1.807, 2.05) is 13.8 Å². The van der Waals surface area contributed by atoms with Gasteiger partial charge in [0.2, 0.25) is 11.8 Å². The average molecular weight is 319 g/mol. The van der Waals surface area contributed by atoms with E-state index in [0.717, 1.165) is 0 Å². The SMILES string of the molecule is CCN(C(=O)CNC(=O)[C@@H](N)C(C)C)C1CCS(=O)(=O)C1. The number of likely N-dealkylation sites (N-methyl/N-ethyl adjacent to an activating group) is 1. The second-order valence-electron chi connectivity index (χ2n) is 5.72. The van der Waals surface area contributed by atoms with E-state index in [1.54, 1.807) is 6.92 Å². The fourth-order valence-electron chi connectivity index (χ4n) is 2.34. The predicted molar refractivity (Wildman–Crippen MR) is 80.3 cm³/mol. The number of nitrogens with zero attached hydrogens (tertiary/aromatic N) is 1. The summed E-state index contributed by atoms with van der Waals surface area (Å²) in [4.78, 5) is 25.4. The third kappa shape index (κ3) is 4.96. The highest BCUT2D eigenvalue weighted by molar-refractivity contribution is 7.91. The molecule has 0 aromatic heterocycles. The van der Waals surface area contributed by atoms with Gasteiger partial charge in [-0.25, -0.2) is 8.42 Å². The first-order valence-corrected chi connectivity index (χ1v) is 9.03. The molecule has 1 aliphatic rings. The van der Waals surface area contributed by atoms with Crippen LogP contribution in [-0.2, 0) is 19.4 Å². The van der Waals surface area contributed by atoms with Crippen molar-refractivity contribution in [3.63, 3.8) is 0 Å². The highest BCUT2D eigenvalue weighted by Crippen LogP contribution is 2.17. The normalized spacial score (nSPS) is 22.0. The van der Waals surface area contributed by atoms with Crippen molar-refractivity contribution in [2.45, 2.75) is 39.3 Å². The Morgan fingerprint density at radius 1 is 1.38 bits per heavy atom. The predicted octanol–water partition coefficient (Wildman–Crippen LogP) is -0.878. The van der Waals surface area contributed by atoms with Gasteiger partial charge < -0.3 is 16.0 Å². The van der Waals surface area contributed by atoms with Crippen LogP contribution < -0.4 is 11.1 Å². The molecule has 3 N–H and O–H groups in total. The molecule has 8 heteroatoms. The Bertz CT molecular complexity index is 490. The average Bonchev–Trinajstić information content (AvgIpc) is 2.75. The molecule has 2 amide bonds. The van der Waals surface area contributed by atoms with Crippen LogP contribution in [0.5, 0.6) is 0 Å². The molecule has 2 atom stereocenters. The molecule has 0 aromatic rings. The Morgan fingerprint density at radius 2 is 2.00 bits per heavy atom. The highest BCUT2D eigenvalue weighted by Gasteiger charge is 2.33. The largest absolute Gasteiger partial charge is 0.346 e. The first-order chi connectivity index (χ1) is 9.68. The molecule has 122 valence electrons. The van der Waals surface area contributed by atoms with Gasteiger partial charge in [0.15, 0.2) is 9.84 Å². The number of carbonyl (C=O) groups excluding carboxylic acids is 2.